The zero-order valence-corrected chi connectivity index (χ0v) is 10.6. The predicted molar refractivity (Wildman–Crippen MR) is 69.3 cm³/mol. The minimum absolute atomic E-state index is 0.159. The van der Waals surface area contributed by atoms with E-state index in [1.165, 1.54) is 6.33 Å². The maximum absolute atomic E-state index is 9.36. The fraction of sp³-hybridized carbons (Fsp3) is 0.429. The maximum atomic E-state index is 9.36. The number of aliphatic hydroxyl groups is 1. The van der Waals surface area contributed by atoms with Crippen LogP contribution in [0.3, 0.4) is 0 Å². The molecule has 2 atom stereocenters. The highest BCUT2D eigenvalue weighted by molar-refractivity contribution is 5.23. The van der Waals surface area contributed by atoms with Crippen molar-refractivity contribution in [3.63, 3.8) is 0 Å². The Labute approximate surface area is 111 Å². The Morgan fingerprint density at radius 3 is 2.84 bits per heavy atom. The van der Waals surface area contributed by atoms with Crippen molar-refractivity contribution in [2.45, 2.75) is 18.6 Å². The number of benzene rings is 1. The average Bonchev–Trinajstić information content (AvgIpc) is 3.10. The lowest BCUT2D eigenvalue weighted by molar-refractivity contribution is -0.0180. The lowest BCUT2D eigenvalue weighted by Crippen LogP contribution is -2.31. The highest BCUT2D eigenvalue weighted by Crippen LogP contribution is 2.40. The monoisotopic (exact) mass is 259 g/mol. The molecule has 1 aliphatic rings. The van der Waals surface area contributed by atoms with E-state index in [1.54, 1.807) is 11.0 Å². The Bertz CT molecular complexity index is 515. The minimum atomic E-state index is -0.414. The quantitative estimate of drug-likeness (QED) is 0.896. The molecular formula is C14H17N3O2. The smallest absolute Gasteiger partial charge is 0.137 e. The lowest BCUT2D eigenvalue weighted by atomic mass is 9.87. The first kappa shape index (κ1) is 12.3. The Morgan fingerprint density at radius 1 is 1.37 bits per heavy atom. The van der Waals surface area contributed by atoms with E-state index in [1.807, 2.05) is 18.2 Å². The molecule has 2 heterocycles. The standard InChI is InChI=1S/C14H17N3O2/c18-7-12-6-14(19-8-12,9-17-11-15-10-16-17)13-4-2-1-3-5-13/h1-5,10-12,18H,6-9H2/t12-,14+/m1/s1. The molecule has 5 nitrogen and oxygen atoms in total. The van der Waals surface area contributed by atoms with Crippen LogP contribution in [0.2, 0.25) is 0 Å². The zero-order valence-electron chi connectivity index (χ0n) is 10.6. The lowest BCUT2D eigenvalue weighted by Gasteiger charge is -2.29. The van der Waals surface area contributed by atoms with E-state index >= 15 is 0 Å². The third kappa shape index (κ3) is 2.39. The first-order valence-corrected chi connectivity index (χ1v) is 6.45. The van der Waals surface area contributed by atoms with Crippen LogP contribution < -0.4 is 0 Å². The maximum Gasteiger partial charge on any atom is 0.137 e. The number of ether oxygens (including phenoxy) is 1. The predicted octanol–water partition coefficient (Wildman–Crippen LogP) is 1.20. The van der Waals surface area contributed by atoms with E-state index in [4.69, 9.17) is 4.74 Å². The van der Waals surface area contributed by atoms with Gasteiger partial charge in [-0.05, 0) is 12.0 Å². The summed E-state index contributed by atoms with van der Waals surface area (Å²) >= 11 is 0. The number of rotatable bonds is 4. The van der Waals surface area contributed by atoms with Crippen LogP contribution in [0.1, 0.15) is 12.0 Å². The summed E-state index contributed by atoms with van der Waals surface area (Å²) in [6, 6.07) is 10.1. The zero-order chi connectivity index (χ0) is 13.1. The van der Waals surface area contributed by atoms with E-state index in [9.17, 15) is 5.11 Å². The molecule has 0 spiro atoms. The van der Waals surface area contributed by atoms with Crippen LogP contribution in [0.15, 0.2) is 43.0 Å². The summed E-state index contributed by atoms with van der Waals surface area (Å²) in [4.78, 5) is 3.98. The van der Waals surface area contributed by atoms with Gasteiger partial charge in [-0.3, -0.25) is 0 Å². The van der Waals surface area contributed by atoms with Gasteiger partial charge < -0.3 is 9.84 Å². The summed E-state index contributed by atoms with van der Waals surface area (Å²) in [6.07, 6.45) is 4.02. The normalized spacial score (nSPS) is 26.7. The van der Waals surface area contributed by atoms with Gasteiger partial charge in [-0.15, -0.1) is 0 Å². The molecule has 1 fully saturated rings. The molecule has 0 bridgehead atoms. The molecular weight excluding hydrogens is 242 g/mol. The Morgan fingerprint density at radius 2 is 2.21 bits per heavy atom. The molecule has 1 saturated heterocycles. The fourth-order valence-corrected chi connectivity index (χ4v) is 2.70. The van der Waals surface area contributed by atoms with Crippen LogP contribution in [0, 0.1) is 5.92 Å². The van der Waals surface area contributed by atoms with Crippen molar-refractivity contribution >= 4 is 0 Å². The minimum Gasteiger partial charge on any atom is -0.396 e. The van der Waals surface area contributed by atoms with E-state index in [0.29, 0.717) is 13.2 Å². The first-order chi connectivity index (χ1) is 9.32. The molecule has 0 saturated carbocycles. The summed E-state index contributed by atoms with van der Waals surface area (Å²) in [5, 5.41) is 13.5. The van der Waals surface area contributed by atoms with Gasteiger partial charge in [-0.1, -0.05) is 30.3 Å². The van der Waals surface area contributed by atoms with Gasteiger partial charge in [0, 0.05) is 12.5 Å². The molecule has 3 rings (SSSR count). The van der Waals surface area contributed by atoms with Gasteiger partial charge in [-0.2, -0.15) is 5.10 Å². The highest BCUT2D eigenvalue weighted by Gasteiger charge is 2.42. The molecule has 0 aliphatic carbocycles. The van der Waals surface area contributed by atoms with E-state index in [-0.39, 0.29) is 12.5 Å². The van der Waals surface area contributed by atoms with Crippen molar-refractivity contribution in [1.29, 1.82) is 0 Å². The van der Waals surface area contributed by atoms with E-state index in [2.05, 4.69) is 22.2 Å². The van der Waals surface area contributed by atoms with Crippen molar-refractivity contribution in [3.8, 4) is 0 Å². The van der Waals surface area contributed by atoms with E-state index < -0.39 is 5.60 Å². The number of aliphatic hydroxyl groups excluding tert-OH is 1. The van der Waals surface area contributed by atoms with Crippen LogP contribution in [0.5, 0.6) is 0 Å². The van der Waals surface area contributed by atoms with Gasteiger partial charge in [0.05, 0.1) is 13.2 Å². The number of nitrogens with zero attached hydrogens (tertiary/aromatic N) is 3. The molecule has 1 aromatic heterocycles. The average molecular weight is 259 g/mol. The van der Waals surface area contributed by atoms with E-state index in [0.717, 1.165) is 12.0 Å². The van der Waals surface area contributed by atoms with Crippen molar-refractivity contribution in [1.82, 2.24) is 14.8 Å². The van der Waals surface area contributed by atoms with Crippen molar-refractivity contribution in [3.05, 3.63) is 48.5 Å². The van der Waals surface area contributed by atoms with Crippen LogP contribution >= 0.6 is 0 Å². The van der Waals surface area contributed by atoms with Gasteiger partial charge in [-0.25, -0.2) is 9.67 Å². The van der Waals surface area contributed by atoms with Crippen LogP contribution in [0.25, 0.3) is 0 Å². The second-order valence-corrected chi connectivity index (χ2v) is 5.02. The molecule has 0 unspecified atom stereocenters. The summed E-state index contributed by atoms with van der Waals surface area (Å²) in [7, 11) is 0. The number of hydrogen-bond acceptors (Lipinski definition) is 4. The van der Waals surface area contributed by atoms with Gasteiger partial charge in [0.2, 0.25) is 0 Å². The first-order valence-electron chi connectivity index (χ1n) is 6.45. The molecule has 1 aliphatic heterocycles. The SMILES string of the molecule is OC[C@@H]1CO[C@@](Cn2cncn2)(c2ccccc2)C1. The van der Waals surface area contributed by atoms with Crippen LogP contribution in [0.4, 0.5) is 0 Å². The second kappa shape index (κ2) is 5.11. The fourth-order valence-electron chi connectivity index (χ4n) is 2.70. The summed E-state index contributed by atoms with van der Waals surface area (Å²) in [5.41, 5.74) is 0.712. The Balaban J connectivity index is 1.92. The molecule has 19 heavy (non-hydrogen) atoms. The van der Waals surface area contributed by atoms with Gasteiger partial charge in [0.15, 0.2) is 0 Å². The second-order valence-electron chi connectivity index (χ2n) is 5.02. The third-order valence-electron chi connectivity index (χ3n) is 3.66. The summed E-state index contributed by atoms with van der Waals surface area (Å²) < 4.78 is 7.84. The molecule has 0 amide bonds. The number of hydrogen-bond donors (Lipinski definition) is 1. The van der Waals surface area contributed by atoms with Crippen molar-refractivity contribution in [2.75, 3.05) is 13.2 Å². The highest BCUT2D eigenvalue weighted by atomic mass is 16.5. The Hall–Kier alpha value is -1.72. The van der Waals surface area contributed by atoms with Gasteiger partial charge in [0.25, 0.3) is 0 Å². The topological polar surface area (TPSA) is 60.2 Å². The molecule has 100 valence electrons. The summed E-state index contributed by atoms with van der Waals surface area (Å²) in [5.74, 6) is 0.184. The molecule has 1 N–H and O–H groups in total. The van der Waals surface area contributed by atoms with Crippen molar-refractivity contribution < 1.29 is 9.84 Å². The summed E-state index contributed by atoms with van der Waals surface area (Å²) in [6.45, 7) is 1.36. The van der Waals surface area contributed by atoms with Gasteiger partial charge in [0.1, 0.15) is 18.3 Å². The molecule has 0 radical (unpaired) electrons. The molecule has 1 aromatic carbocycles. The third-order valence-corrected chi connectivity index (χ3v) is 3.66. The Kier molecular flexibility index (Phi) is 3.31. The number of aromatic nitrogens is 3. The molecule has 5 heteroatoms. The molecule has 2 aromatic rings. The largest absolute Gasteiger partial charge is 0.396 e. The van der Waals surface area contributed by atoms with Crippen molar-refractivity contribution in [2.24, 2.45) is 5.92 Å². The van der Waals surface area contributed by atoms with Crippen LogP contribution in [-0.4, -0.2) is 33.1 Å². The van der Waals surface area contributed by atoms with Crippen LogP contribution in [-0.2, 0) is 16.9 Å². The van der Waals surface area contributed by atoms with Gasteiger partial charge >= 0.3 is 0 Å².